The summed E-state index contributed by atoms with van der Waals surface area (Å²) in [6.07, 6.45) is 1.96. The molecule has 0 atom stereocenters. The van der Waals surface area contributed by atoms with Gasteiger partial charge in [-0.15, -0.1) is 0 Å². The molecular weight excluding hydrogens is 273 g/mol. The summed E-state index contributed by atoms with van der Waals surface area (Å²) in [5.41, 5.74) is 5.76. The molecule has 0 aliphatic carbocycles. The number of hydrogen-bond acceptors (Lipinski definition) is 2. The first kappa shape index (κ1) is 15.4. The molecule has 1 aromatic carbocycles. The molecule has 21 heavy (non-hydrogen) atoms. The molecule has 1 aromatic rings. The van der Waals surface area contributed by atoms with Crippen LogP contribution in [0.25, 0.3) is 0 Å². The normalized spacial score (nSPS) is 21.8. The zero-order valence-electron chi connectivity index (χ0n) is 11.9. The second-order valence-electron chi connectivity index (χ2n) is 5.49. The van der Waals surface area contributed by atoms with Crippen LogP contribution in [0.5, 0.6) is 0 Å². The monoisotopic (exact) mass is 294 g/mol. The number of anilines is 1. The Morgan fingerprint density at radius 3 is 2.67 bits per heavy atom. The second kappa shape index (κ2) is 7.17. The van der Waals surface area contributed by atoms with E-state index in [2.05, 4.69) is 5.32 Å². The fraction of sp³-hybridized carbons (Fsp3) is 0.467. The smallest absolute Gasteiger partial charge is 0.230 e. The highest BCUT2D eigenvalue weighted by Gasteiger charge is 2.25. The van der Waals surface area contributed by atoms with Gasteiger partial charge in [-0.05, 0) is 18.2 Å². The molecule has 2 amide bonds. The topological polar surface area (TPSA) is 76.6 Å². The summed E-state index contributed by atoms with van der Waals surface area (Å²) in [4.78, 5) is 24.2. The Kier molecular flexibility index (Phi) is 5.27. The third kappa shape index (κ3) is 4.82. The van der Waals surface area contributed by atoms with Crippen molar-refractivity contribution in [3.05, 3.63) is 30.1 Å². The maximum absolute atomic E-state index is 13.0. The molecule has 0 aromatic heterocycles. The van der Waals surface area contributed by atoms with E-state index in [0.29, 0.717) is 18.7 Å². The van der Waals surface area contributed by atoms with Crippen LogP contribution in [-0.4, -0.2) is 31.4 Å². The molecule has 6 heteroatoms. The summed E-state index contributed by atoms with van der Waals surface area (Å²) in [5.74, 6) is -0.732. The van der Waals surface area contributed by atoms with E-state index in [0.717, 1.165) is 25.9 Å². The number of primary amides is 1. The summed E-state index contributed by atoms with van der Waals surface area (Å²) in [7, 11) is 0. The van der Waals surface area contributed by atoms with Crippen molar-refractivity contribution >= 4 is 17.5 Å². The Bertz CT molecular complexity index is 513. The van der Waals surface area contributed by atoms with Gasteiger partial charge >= 0.3 is 0 Å². The van der Waals surface area contributed by atoms with Crippen LogP contribution in [0, 0.1) is 11.7 Å². The highest BCUT2D eigenvalue weighted by atomic mass is 19.1. The molecule has 0 saturated carbocycles. The minimum atomic E-state index is -0.369. The van der Waals surface area contributed by atoms with Crippen molar-refractivity contribution in [2.45, 2.75) is 19.3 Å². The van der Waals surface area contributed by atoms with Crippen LogP contribution in [0.3, 0.4) is 0 Å². The Balaban J connectivity index is 1.71. The van der Waals surface area contributed by atoms with Crippen molar-refractivity contribution in [1.82, 2.24) is 0 Å². The van der Waals surface area contributed by atoms with Gasteiger partial charge in [0.15, 0.2) is 0 Å². The van der Waals surface area contributed by atoms with Crippen LogP contribution in [0.15, 0.2) is 24.3 Å². The second-order valence-corrected chi connectivity index (χ2v) is 5.49. The first-order chi connectivity index (χ1) is 10.0. The lowest BCUT2D eigenvalue weighted by Crippen LogP contribution is -3.13. The number of carbonyl (C=O) groups is 2. The van der Waals surface area contributed by atoms with Gasteiger partial charge in [-0.3, -0.25) is 9.59 Å². The Hall–Kier alpha value is -1.95. The number of likely N-dealkylation sites (tertiary alicyclic amines) is 1. The molecule has 0 spiro atoms. The number of nitrogens with two attached hydrogens (primary N) is 1. The first-order valence-electron chi connectivity index (χ1n) is 7.23. The van der Waals surface area contributed by atoms with Crippen molar-refractivity contribution < 1.29 is 18.9 Å². The maximum atomic E-state index is 13.0. The molecule has 1 aliphatic heterocycles. The summed E-state index contributed by atoms with van der Waals surface area (Å²) >= 11 is 0. The minimum Gasteiger partial charge on any atom is -0.369 e. The van der Waals surface area contributed by atoms with Gasteiger partial charge in [0.2, 0.25) is 11.8 Å². The van der Waals surface area contributed by atoms with Crippen LogP contribution in [0.1, 0.15) is 19.3 Å². The van der Waals surface area contributed by atoms with Crippen LogP contribution in [0.4, 0.5) is 10.1 Å². The van der Waals surface area contributed by atoms with Gasteiger partial charge in [-0.1, -0.05) is 6.07 Å². The highest BCUT2D eigenvalue weighted by Crippen LogP contribution is 2.10. The van der Waals surface area contributed by atoms with E-state index in [-0.39, 0.29) is 23.5 Å². The molecule has 0 unspecified atom stereocenters. The number of hydrogen-bond donors (Lipinski definition) is 3. The lowest BCUT2D eigenvalue weighted by atomic mass is 9.96. The number of amides is 2. The maximum Gasteiger partial charge on any atom is 0.230 e. The van der Waals surface area contributed by atoms with E-state index in [4.69, 9.17) is 5.73 Å². The van der Waals surface area contributed by atoms with Crippen LogP contribution >= 0.6 is 0 Å². The predicted molar refractivity (Wildman–Crippen MR) is 77.1 cm³/mol. The molecule has 1 aliphatic rings. The Labute approximate surface area is 123 Å². The molecule has 4 N–H and O–H groups in total. The van der Waals surface area contributed by atoms with Gasteiger partial charge in [-0.25, -0.2) is 4.39 Å². The number of nitrogens with one attached hydrogen (secondary N) is 2. The summed E-state index contributed by atoms with van der Waals surface area (Å²) in [6.45, 7) is 2.44. The standard InChI is InChI=1S/C15H20FN3O2/c16-12-2-1-3-13(10-12)18-14(20)6-9-19-7-4-11(5-8-19)15(17)21/h1-3,10-11H,4-9H2,(H2,17,21)(H,18,20)/p+1. The van der Waals surface area contributed by atoms with Crippen molar-refractivity contribution in [3.8, 4) is 0 Å². The van der Waals surface area contributed by atoms with Crippen molar-refractivity contribution in [2.24, 2.45) is 11.7 Å². The molecule has 1 heterocycles. The number of carbonyl (C=O) groups excluding carboxylic acids is 2. The van der Waals surface area contributed by atoms with E-state index in [1.54, 1.807) is 12.1 Å². The molecule has 1 fully saturated rings. The number of halogens is 1. The summed E-state index contributed by atoms with van der Waals surface area (Å²) < 4.78 is 13.0. The number of quaternary nitrogens is 1. The lowest BCUT2D eigenvalue weighted by molar-refractivity contribution is -0.905. The third-order valence-electron chi connectivity index (χ3n) is 3.91. The summed E-state index contributed by atoms with van der Waals surface area (Å²) in [6, 6.07) is 5.85. The Morgan fingerprint density at radius 2 is 2.05 bits per heavy atom. The van der Waals surface area contributed by atoms with E-state index < -0.39 is 0 Å². The fourth-order valence-corrected chi connectivity index (χ4v) is 2.64. The van der Waals surface area contributed by atoms with Gasteiger partial charge in [0.25, 0.3) is 0 Å². The van der Waals surface area contributed by atoms with Crippen molar-refractivity contribution in [3.63, 3.8) is 0 Å². The molecule has 0 bridgehead atoms. The SMILES string of the molecule is NC(=O)C1CC[NH+](CCC(=O)Nc2cccc(F)c2)CC1. The quantitative estimate of drug-likeness (QED) is 0.711. The number of piperidine rings is 1. The molecular formula is C15H21FN3O2+. The molecule has 0 radical (unpaired) electrons. The predicted octanol–water partition coefficient (Wildman–Crippen LogP) is -0.0655. The van der Waals surface area contributed by atoms with Gasteiger partial charge in [0.05, 0.1) is 26.1 Å². The van der Waals surface area contributed by atoms with Gasteiger partial charge in [0, 0.05) is 24.4 Å². The lowest BCUT2D eigenvalue weighted by Gasteiger charge is -2.27. The number of rotatable bonds is 5. The number of benzene rings is 1. The first-order valence-corrected chi connectivity index (χ1v) is 7.23. The van der Waals surface area contributed by atoms with Crippen molar-refractivity contribution in [1.29, 1.82) is 0 Å². The molecule has 2 rings (SSSR count). The zero-order valence-corrected chi connectivity index (χ0v) is 11.9. The van der Waals surface area contributed by atoms with Crippen LogP contribution in [0.2, 0.25) is 0 Å². The largest absolute Gasteiger partial charge is 0.369 e. The van der Waals surface area contributed by atoms with E-state index >= 15 is 0 Å². The minimum absolute atomic E-state index is 0.0186. The third-order valence-corrected chi connectivity index (χ3v) is 3.91. The molecule has 5 nitrogen and oxygen atoms in total. The Morgan fingerprint density at radius 1 is 1.33 bits per heavy atom. The van der Waals surface area contributed by atoms with E-state index in [1.807, 2.05) is 0 Å². The fourth-order valence-electron chi connectivity index (χ4n) is 2.64. The molecule has 114 valence electrons. The van der Waals surface area contributed by atoms with Crippen molar-refractivity contribution in [2.75, 3.05) is 25.0 Å². The van der Waals surface area contributed by atoms with Gasteiger partial charge in [0.1, 0.15) is 5.82 Å². The van der Waals surface area contributed by atoms with Gasteiger partial charge < -0.3 is 16.0 Å². The van der Waals surface area contributed by atoms with E-state index in [1.165, 1.54) is 17.0 Å². The zero-order chi connectivity index (χ0) is 15.2. The average molecular weight is 294 g/mol. The van der Waals surface area contributed by atoms with E-state index in [9.17, 15) is 14.0 Å². The van der Waals surface area contributed by atoms with Crippen LogP contribution < -0.4 is 16.0 Å². The highest BCUT2D eigenvalue weighted by molar-refractivity contribution is 5.90. The van der Waals surface area contributed by atoms with Gasteiger partial charge in [-0.2, -0.15) is 0 Å². The molecule has 1 saturated heterocycles. The summed E-state index contributed by atoms with van der Waals surface area (Å²) in [5, 5.41) is 2.68. The average Bonchev–Trinajstić information content (AvgIpc) is 2.45. The van der Waals surface area contributed by atoms with Crippen LogP contribution in [-0.2, 0) is 9.59 Å².